The number of aliphatic hydroxyl groups is 1. The van der Waals surface area contributed by atoms with Crippen LogP contribution in [0.5, 0.6) is 17.2 Å². The molecule has 1 N–H and O–H groups in total. The van der Waals surface area contributed by atoms with Crippen molar-refractivity contribution in [1.82, 2.24) is 0 Å². The van der Waals surface area contributed by atoms with Crippen molar-refractivity contribution in [2.24, 2.45) is 0 Å². The predicted octanol–water partition coefficient (Wildman–Crippen LogP) is 4.30. The quantitative estimate of drug-likeness (QED) is 0.315. The maximum absolute atomic E-state index is 14.2. The second kappa shape index (κ2) is 9.50. The van der Waals surface area contributed by atoms with Crippen molar-refractivity contribution in [2.75, 3.05) is 44.2 Å². The molecule has 0 saturated carbocycles. The standard InChI is InChI=1S/C28H25FN2O6/c1-30(2)18-7-4-16(5-8-18)25-24(26(32)20-14-17(29)6-10-21(20)35-3)27(33)28(34)31(25)19-9-11-22-23(15-19)37-13-12-36-22/h4-11,14-15,25,32H,12-13H2,1-3H3/b26-24+. The Morgan fingerprint density at radius 1 is 1.00 bits per heavy atom. The minimum atomic E-state index is -0.994. The van der Waals surface area contributed by atoms with E-state index in [-0.39, 0.29) is 16.9 Å². The Kier molecular flexibility index (Phi) is 6.20. The molecule has 9 heteroatoms. The number of rotatable bonds is 5. The van der Waals surface area contributed by atoms with Crippen molar-refractivity contribution in [3.63, 3.8) is 0 Å². The average molecular weight is 505 g/mol. The summed E-state index contributed by atoms with van der Waals surface area (Å²) in [6.07, 6.45) is 0. The number of ether oxygens (including phenoxy) is 3. The molecule has 0 bridgehead atoms. The molecule has 0 aliphatic carbocycles. The third-order valence-electron chi connectivity index (χ3n) is 6.39. The lowest BCUT2D eigenvalue weighted by Crippen LogP contribution is -2.29. The van der Waals surface area contributed by atoms with E-state index in [2.05, 4.69) is 0 Å². The molecule has 3 aromatic carbocycles. The van der Waals surface area contributed by atoms with Gasteiger partial charge < -0.3 is 24.2 Å². The molecule has 1 unspecified atom stereocenters. The SMILES string of the molecule is COc1ccc(F)cc1/C(O)=C1\C(=O)C(=O)N(c2ccc3c(c2)OCCO3)C1c1ccc(N(C)C)cc1. The lowest BCUT2D eigenvalue weighted by Gasteiger charge is -2.27. The van der Waals surface area contributed by atoms with Gasteiger partial charge in [0.2, 0.25) is 0 Å². The van der Waals surface area contributed by atoms with Crippen molar-refractivity contribution in [1.29, 1.82) is 0 Å². The van der Waals surface area contributed by atoms with Crippen LogP contribution in [0.25, 0.3) is 5.76 Å². The molecule has 2 aliphatic heterocycles. The summed E-state index contributed by atoms with van der Waals surface area (Å²) in [6.45, 7) is 0.759. The fraction of sp³-hybridized carbons (Fsp3) is 0.214. The van der Waals surface area contributed by atoms with E-state index >= 15 is 0 Å². The van der Waals surface area contributed by atoms with Gasteiger partial charge >= 0.3 is 0 Å². The van der Waals surface area contributed by atoms with E-state index in [0.29, 0.717) is 36.0 Å². The Bertz CT molecular complexity index is 1420. The number of amides is 1. The number of anilines is 2. The first-order chi connectivity index (χ1) is 17.8. The number of Topliss-reactive ketones (excluding diaryl/α,β-unsaturated/α-hetero) is 1. The van der Waals surface area contributed by atoms with Crippen molar-refractivity contribution >= 4 is 28.8 Å². The van der Waals surface area contributed by atoms with Crippen LogP contribution in [0.15, 0.2) is 66.2 Å². The Hall–Kier alpha value is -4.53. The number of fused-ring (bicyclic) bond motifs is 1. The number of nitrogens with zero attached hydrogens (tertiary/aromatic N) is 2. The van der Waals surface area contributed by atoms with E-state index in [1.165, 1.54) is 24.1 Å². The van der Waals surface area contributed by atoms with E-state index in [0.717, 1.165) is 11.8 Å². The molecule has 190 valence electrons. The molecule has 0 radical (unpaired) electrons. The van der Waals surface area contributed by atoms with Crippen LogP contribution in [0.2, 0.25) is 0 Å². The maximum atomic E-state index is 14.2. The first kappa shape index (κ1) is 24.2. The molecule has 37 heavy (non-hydrogen) atoms. The topological polar surface area (TPSA) is 88.5 Å². The molecular formula is C28H25FN2O6. The Balaban J connectivity index is 1.72. The van der Waals surface area contributed by atoms with Crippen molar-refractivity contribution < 1.29 is 33.3 Å². The molecule has 0 aromatic heterocycles. The van der Waals surface area contributed by atoms with Gasteiger partial charge in [-0.1, -0.05) is 12.1 Å². The lowest BCUT2D eigenvalue weighted by molar-refractivity contribution is -0.132. The normalized spacial score (nSPS) is 18.2. The average Bonchev–Trinajstić information content (AvgIpc) is 3.18. The zero-order chi connectivity index (χ0) is 26.3. The summed E-state index contributed by atoms with van der Waals surface area (Å²) >= 11 is 0. The van der Waals surface area contributed by atoms with Gasteiger partial charge in [-0.3, -0.25) is 14.5 Å². The highest BCUT2D eigenvalue weighted by Crippen LogP contribution is 2.45. The molecule has 1 saturated heterocycles. The van der Waals surface area contributed by atoms with Gasteiger partial charge in [0.1, 0.15) is 30.5 Å². The van der Waals surface area contributed by atoms with E-state index in [1.54, 1.807) is 30.3 Å². The minimum Gasteiger partial charge on any atom is -0.507 e. The van der Waals surface area contributed by atoms with Crippen LogP contribution >= 0.6 is 0 Å². The molecule has 0 spiro atoms. The molecule has 1 atom stereocenters. The van der Waals surface area contributed by atoms with Crippen LogP contribution in [0.1, 0.15) is 17.2 Å². The zero-order valence-electron chi connectivity index (χ0n) is 20.5. The van der Waals surface area contributed by atoms with Gasteiger partial charge in [-0.05, 0) is 48.0 Å². The first-order valence-corrected chi connectivity index (χ1v) is 11.6. The van der Waals surface area contributed by atoms with Crippen LogP contribution < -0.4 is 24.0 Å². The summed E-state index contributed by atoms with van der Waals surface area (Å²) in [4.78, 5) is 30.1. The monoisotopic (exact) mass is 504 g/mol. The molecule has 1 fully saturated rings. The van der Waals surface area contributed by atoms with Crippen molar-refractivity contribution in [2.45, 2.75) is 6.04 Å². The van der Waals surface area contributed by atoms with E-state index in [4.69, 9.17) is 14.2 Å². The van der Waals surface area contributed by atoms with E-state index in [1.807, 2.05) is 31.1 Å². The van der Waals surface area contributed by atoms with Gasteiger partial charge in [-0.25, -0.2) is 4.39 Å². The molecule has 3 aromatic rings. The largest absolute Gasteiger partial charge is 0.507 e. The van der Waals surface area contributed by atoms with Crippen LogP contribution in [0.4, 0.5) is 15.8 Å². The highest BCUT2D eigenvalue weighted by Gasteiger charge is 2.47. The summed E-state index contributed by atoms with van der Waals surface area (Å²) in [7, 11) is 5.16. The van der Waals surface area contributed by atoms with Gasteiger partial charge in [0.15, 0.2) is 11.5 Å². The number of halogens is 1. The van der Waals surface area contributed by atoms with Gasteiger partial charge in [-0.2, -0.15) is 0 Å². The highest BCUT2D eigenvalue weighted by molar-refractivity contribution is 6.51. The minimum absolute atomic E-state index is 0.0300. The molecule has 2 aliphatic rings. The number of carbonyl (C=O) groups excluding carboxylic acids is 2. The van der Waals surface area contributed by atoms with Crippen molar-refractivity contribution in [3.05, 3.63) is 83.2 Å². The van der Waals surface area contributed by atoms with Crippen molar-refractivity contribution in [3.8, 4) is 17.2 Å². The lowest BCUT2D eigenvalue weighted by atomic mass is 9.94. The molecule has 2 heterocycles. The van der Waals surface area contributed by atoms with Gasteiger partial charge in [0, 0.05) is 31.5 Å². The van der Waals surface area contributed by atoms with Gasteiger partial charge in [0.05, 0.1) is 24.3 Å². The summed E-state index contributed by atoms with van der Waals surface area (Å²) in [5, 5.41) is 11.4. The van der Waals surface area contributed by atoms with E-state index in [9.17, 15) is 19.1 Å². The number of hydrogen-bond acceptors (Lipinski definition) is 7. The fourth-order valence-corrected chi connectivity index (χ4v) is 4.56. The van der Waals surface area contributed by atoms with Gasteiger partial charge in [0.25, 0.3) is 11.7 Å². The highest BCUT2D eigenvalue weighted by atomic mass is 19.1. The Morgan fingerprint density at radius 3 is 2.38 bits per heavy atom. The Morgan fingerprint density at radius 2 is 1.70 bits per heavy atom. The van der Waals surface area contributed by atoms with Crippen LogP contribution in [0.3, 0.4) is 0 Å². The summed E-state index contributed by atoms with van der Waals surface area (Å²) in [5.74, 6) is -1.77. The first-order valence-electron chi connectivity index (χ1n) is 11.6. The number of benzene rings is 3. The predicted molar refractivity (Wildman–Crippen MR) is 136 cm³/mol. The number of hydrogen-bond donors (Lipinski definition) is 1. The van der Waals surface area contributed by atoms with Gasteiger partial charge in [-0.15, -0.1) is 0 Å². The number of ketones is 1. The number of methoxy groups -OCH3 is 1. The third kappa shape index (κ3) is 4.22. The second-order valence-corrected chi connectivity index (χ2v) is 8.83. The third-order valence-corrected chi connectivity index (χ3v) is 6.39. The smallest absolute Gasteiger partial charge is 0.300 e. The summed E-state index contributed by atoms with van der Waals surface area (Å²) in [5.41, 5.74) is 1.67. The second-order valence-electron chi connectivity index (χ2n) is 8.83. The molecule has 5 rings (SSSR count). The molecule has 8 nitrogen and oxygen atoms in total. The summed E-state index contributed by atoms with van der Waals surface area (Å²) < 4.78 is 30.7. The summed E-state index contributed by atoms with van der Waals surface area (Å²) in [6, 6.07) is 14.8. The van der Waals surface area contributed by atoms with Crippen LogP contribution in [0, 0.1) is 5.82 Å². The zero-order valence-corrected chi connectivity index (χ0v) is 20.5. The van der Waals surface area contributed by atoms with Crippen LogP contribution in [-0.4, -0.2) is 51.2 Å². The molecule has 1 amide bonds. The maximum Gasteiger partial charge on any atom is 0.300 e. The van der Waals surface area contributed by atoms with E-state index < -0.39 is 29.3 Å². The van der Waals surface area contributed by atoms with Crippen LogP contribution in [-0.2, 0) is 9.59 Å². The fourth-order valence-electron chi connectivity index (χ4n) is 4.56. The number of carbonyl (C=O) groups is 2. The number of aliphatic hydroxyl groups excluding tert-OH is 1. The molecular weight excluding hydrogens is 479 g/mol. The Labute approximate surface area is 213 Å².